The van der Waals surface area contributed by atoms with E-state index in [0.29, 0.717) is 11.6 Å². The lowest BCUT2D eigenvalue weighted by Gasteiger charge is -2.26. The molecule has 0 aliphatic heterocycles. The molecule has 0 N–H and O–H groups in total. The molecule has 1 aromatic carbocycles. The maximum Gasteiger partial charge on any atom is 0.205 e. The second kappa shape index (κ2) is 10.9. The topological polar surface area (TPSA) is 35.0 Å². The van der Waals surface area contributed by atoms with Crippen molar-refractivity contribution >= 4 is 0 Å². The number of rotatable bonds is 7. The van der Waals surface area contributed by atoms with Crippen LogP contribution in [-0.4, -0.2) is 16.6 Å². The Morgan fingerprint density at radius 3 is 2.32 bits per heavy atom. The molecule has 1 aliphatic rings. The number of nitrogens with zero attached hydrogens (tertiary/aromatic N) is 2. The van der Waals surface area contributed by atoms with Gasteiger partial charge >= 0.3 is 0 Å². The van der Waals surface area contributed by atoms with Gasteiger partial charge in [-0.25, -0.2) is 9.97 Å². The molecule has 3 rings (SSSR count). The summed E-state index contributed by atoms with van der Waals surface area (Å²) in [6.45, 7) is 5.30. The zero-order chi connectivity index (χ0) is 19.6. The van der Waals surface area contributed by atoms with Crippen molar-refractivity contribution in [2.75, 3.05) is 6.61 Å². The van der Waals surface area contributed by atoms with Gasteiger partial charge in [0.2, 0.25) is 5.82 Å². The predicted molar refractivity (Wildman–Crippen MR) is 114 cm³/mol. The lowest BCUT2D eigenvalue weighted by molar-refractivity contribution is 0.302. The fourth-order valence-electron chi connectivity index (χ4n) is 3.73. The van der Waals surface area contributed by atoms with Crippen molar-refractivity contribution in [2.24, 2.45) is 5.92 Å². The highest BCUT2D eigenvalue weighted by Crippen LogP contribution is 2.35. The lowest BCUT2D eigenvalue weighted by atomic mass is 9.79. The van der Waals surface area contributed by atoms with E-state index in [9.17, 15) is 0 Å². The molecule has 1 heterocycles. The Morgan fingerprint density at radius 1 is 0.929 bits per heavy atom. The van der Waals surface area contributed by atoms with Crippen molar-refractivity contribution in [3.8, 4) is 17.6 Å². The first-order valence-electron chi connectivity index (χ1n) is 10.8. The Morgan fingerprint density at radius 2 is 1.64 bits per heavy atom. The molecule has 0 atom stereocenters. The zero-order valence-electron chi connectivity index (χ0n) is 17.3. The van der Waals surface area contributed by atoms with Crippen LogP contribution in [0.15, 0.2) is 36.7 Å². The molecule has 1 aromatic heterocycles. The van der Waals surface area contributed by atoms with E-state index in [2.05, 4.69) is 59.9 Å². The van der Waals surface area contributed by atoms with Gasteiger partial charge in [-0.15, -0.1) is 0 Å². The molecule has 1 fully saturated rings. The van der Waals surface area contributed by atoms with Gasteiger partial charge in [-0.1, -0.05) is 64.0 Å². The van der Waals surface area contributed by atoms with E-state index in [-0.39, 0.29) is 0 Å². The van der Waals surface area contributed by atoms with Crippen LogP contribution in [0.5, 0.6) is 5.75 Å². The van der Waals surface area contributed by atoms with Gasteiger partial charge in [0.25, 0.3) is 0 Å². The van der Waals surface area contributed by atoms with Gasteiger partial charge in [-0.3, -0.25) is 0 Å². The summed E-state index contributed by atoms with van der Waals surface area (Å²) in [5, 5.41) is 0. The van der Waals surface area contributed by atoms with Gasteiger partial charge in [0.1, 0.15) is 0 Å². The number of ether oxygens (including phenoxy) is 1. The van der Waals surface area contributed by atoms with Crippen LogP contribution in [-0.2, 0) is 0 Å². The summed E-state index contributed by atoms with van der Waals surface area (Å²) in [5.74, 6) is 9.07. The summed E-state index contributed by atoms with van der Waals surface area (Å²) in [5.41, 5.74) is 2.46. The van der Waals surface area contributed by atoms with E-state index in [0.717, 1.165) is 30.4 Å². The van der Waals surface area contributed by atoms with Crippen LogP contribution in [0.25, 0.3) is 0 Å². The van der Waals surface area contributed by atoms with Crippen molar-refractivity contribution in [1.29, 1.82) is 0 Å². The minimum absolute atomic E-state index is 0.531. The molecule has 3 nitrogen and oxygen atoms in total. The lowest BCUT2D eigenvalue weighted by Crippen LogP contribution is -2.10. The molecule has 0 unspecified atom stereocenters. The van der Waals surface area contributed by atoms with Crippen molar-refractivity contribution in [3.63, 3.8) is 0 Å². The fourth-order valence-corrected chi connectivity index (χ4v) is 3.73. The van der Waals surface area contributed by atoms with Gasteiger partial charge < -0.3 is 4.74 Å². The highest BCUT2D eigenvalue weighted by molar-refractivity contribution is 5.40. The Bertz CT molecular complexity index is 763. The summed E-state index contributed by atoms with van der Waals surface area (Å²) in [7, 11) is 0. The van der Waals surface area contributed by atoms with E-state index >= 15 is 0 Å². The average Bonchev–Trinajstić information content (AvgIpc) is 2.74. The minimum Gasteiger partial charge on any atom is -0.490 e. The number of unbranched alkanes of at least 4 members (excludes halogenated alkanes) is 3. The minimum atomic E-state index is 0.531. The fraction of sp³-hybridized carbons (Fsp3) is 0.520. The van der Waals surface area contributed by atoms with Crippen molar-refractivity contribution in [3.05, 3.63) is 53.6 Å². The summed E-state index contributed by atoms with van der Waals surface area (Å²) < 4.78 is 5.67. The maximum absolute atomic E-state index is 5.67. The van der Waals surface area contributed by atoms with Crippen LogP contribution in [0.3, 0.4) is 0 Å². The molecule has 28 heavy (non-hydrogen) atoms. The van der Waals surface area contributed by atoms with E-state index in [1.54, 1.807) is 12.4 Å². The smallest absolute Gasteiger partial charge is 0.205 e. The van der Waals surface area contributed by atoms with Crippen LogP contribution in [0.2, 0.25) is 0 Å². The Kier molecular flexibility index (Phi) is 7.91. The van der Waals surface area contributed by atoms with Crippen molar-refractivity contribution < 1.29 is 4.74 Å². The second-order valence-corrected chi connectivity index (χ2v) is 7.98. The van der Waals surface area contributed by atoms with Gasteiger partial charge in [0.05, 0.1) is 19.0 Å². The molecule has 3 heteroatoms. The molecular weight excluding hydrogens is 344 g/mol. The number of hydrogen-bond acceptors (Lipinski definition) is 3. The molecular formula is C25H32N2O. The third-order valence-corrected chi connectivity index (χ3v) is 5.61. The van der Waals surface area contributed by atoms with Crippen LogP contribution in [0, 0.1) is 17.8 Å². The Labute approximate surface area is 170 Å². The molecule has 0 bridgehead atoms. The number of hydrogen-bond donors (Lipinski definition) is 0. The normalized spacial score (nSPS) is 18.9. The molecule has 2 aromatic rings. The number of benzene rings is 1. The molecule has 0 spiro atoms. The van der Waals surface area contributed by atoms with Gasteiger partial charge in [0.15, 0.2) is 5.75 Å². The Balaban J connectivity index is 1.50. The highest BCUT2D eigenvalue weighted by atomic mass is 16.5. The van der Waals surface area contributed by atoms with E-state index in [1.807, 2.05) is 0 Å². The molecule has 148 valence electrons. The SMILES string of the molecule is CCCCCCOc1cnc(C#Cc2ccc([C@H]3CC[C@H](C)CC3)cc2)nc1. The van der Waals surface area contributed by atoms with Crippen molar-refractivity contribution in [2.45, 2.75) is 71.1 Å². The molecule has 0 saturated heterocycles. The van der Waals surface area contributed by atoms with E-state index < -0.39 is 0 Å². The maximum atomic E-state index is 5.67. The second-order valence-electron chi connectivity index (χ2n) is 7.98. The first kappa shape index (κ1) is 20.4. The van der Waals surface area contributed by atoms with E-state index in [1.165, 1.54) is 50.5 Å². The molecule has 0 radical (unpaired) electrons. The monoisotopic (exact) mass is 376 g/mol. The molecule has 1 aliphatic carbocycles. The van der Waals surface area contributed by atoms with Gasteiger partial charge in [0, 0.05) is 5.56 Å². The van der Waals surface area contributed by atoms with E-state index in [4.69, 9.17) is 4.74 Å². The summed E-state index contributed by atoms with van der Waals surface area (Å²) in [6, 6.07) is 8.71. The summed E-state index contributed by atoms with van der Waals surface area (Å²) >= 11 is 0. The predicted octanol–water partition coefficient (Wildman–Crippen LogP) is 6.13. The summed E-state index contributed by atoms with van der Waals surface area (Å²) in [4.78, 5) is 8.59. The number of aromatic nitrogens is 2. The standard InChI is InChI=1S/C25H32N2O/c1-3-4-5-6-17-28-24-18-26-25(27-19-24)16-11-21-9-14-23(15-10-21)22-12-7-20(2)8-13-22/h9-10,14-15,18-20,22H,3-8,12-13,17H2,1-2H3/t20-,22-. The van der Waals surface area contributed by atoms with Crippen LogP contribution in [0.1, 0.15) is 88.1 Å². The average molecular weight is 377 g/mol. The molecule has 1 saturated carbocycles. The highest BCUT2D eigenvalue weighted by Gasteiger charge is 2.19. The van der Waals surface area contributed by atoms with Crippen molar-refractivity contribution in [1.82, 2.24) is 9.97 Å². The van der Waals surface area contributed by atoms with Crippen LogP contribution < -0.4 is 4.74 Å². The summed E-state index contributed by atoms with van der Waals surface area (Å²) in [6.07, 6.45) is 13.5. The quantitative estimate of drug-likeness (QED) is 0.431. The third-order valence-electron chi connectivity index (χ3n) is 5.61. The van der Waals surface area contributed by atoms with Gasteiger partial charge in [-0.05, 0) is 54.7 Å². The third kappa shape index (κ3) is 6.37. The largest absolute Gasteiger partial charge is 0.490 e. The van der Waals surface area contributed by atoms with Gasteiger partial charge in [-0.2, -0.15) is 0 Å². The molecule has 0 amide bonds. The first-order valence-corrected chi connectivity index (χ1v) is 10.8. The van der Waals surface area contributed by atoms with Crippen LogP contribution in [0.4, 0.5) is 0 Å². The first-order chi connectivity index (χ1) is 13.7. The Hall–Kier alpha value is -2.34. The van der Waals surface area contributed by atoms with Crippen LogP contribution >= 0.6 is 0 Å². The zero-order valence-corrected chi connectivity index (χ0v) is 17.3.